The molecule has 3 heterocycles. The zero-order chi connectivity index (χ0) is 19.9. The summed E-state index contributed by atoms with van der Waals surface area (Å²) in [6.07, 6.45) is 9.98. The van der Waals surface area contributed by atoms with Crippen LogP contribution in [0.2, 0.25) is 0 Å². The van der Waals surface area contributed by atoms with E-state index in [0.29, 0.717) is 31.4 Å². The van der Waals surface area contributed by atoms with Gasteiger partial charge in [0.1, 0.15) is 0 Å². The molecular weight excluding hydrogens is 368 g/mol. The van der Waals surface area contributed by atoms with Crippen LogP contribution in [0.1, 0.15) is 54.3 Å². The molecule has 1 atom stereocenters. The van der Waals surface area contributed by atoms with Crippen molar-refractivity contribution in [1.29, 1.82) is 0 Å². The Kier molecular flexibility index (Phi) is 6.84. The second-order valence-electron chi connectivity index (χ2n) is 7.96. The first-order chi connectivity index (χ1) is 14.3. The lowest BCUT2D eigenvalue weighted by molar-refractivity contribution is 0.0153. The predicted molar refractivity (Wildman–Crippen MR) is 108 cm³/mol. The Morgan fingerprint density at radius 3 is 2.79 bits per heavy atom. The fourth-order valence-electron chi connectivity index (χ4n) is 4.29. The van der Waals surface area contributed by atoms with Crippen LogP contribution in [0.5, 0.6) is 0 Å². The standard InChI is InChI=1S/C21H30N6O2/c28-21(19-16-27(25-24-19)15-17-6-2-1-3-7-17)23-14-20(18-8-4-5-9-22-18)26-10-12-29-13-11-26/h4-5,8-9,16-17,20H,1-3,6-7,10-15H2,(H,23,28). The Labute approximate surface area is 171 Å². The predicted octanol–water partition coefficient (Wildman–Crippen LogP) is 2.06. The molecule has 0 radical (unpaired) electrons. The second-order valence-corrected chi connectivity index (χ2v) is 7.96. The highest BCUT2D eigenvalue weighted by Gasteiger charge is 2.25. The Morgan fingerprint density at radius 1 is 1.21 bits per heavy atom. The number of pyridine rings is 1. The molecular formula is C21H30N6O2. The molecule has 8 heteroatoms. The summed E-state index contributed by atoms with van der Waals surface area (Å²) in [5.74, 6) is 0.463. The third-order valence-corrected chi connectivity index (χ3v) is 5.91. The molecule has 2 aromatic heterocycles. The Bertz CT molecular complexity index is 768. The number of morpholine rings is 1. The van der Waals surface area contributed by atoms with E-state index in [9.17, 15) is 4.79 Å². The molecule has 0 aromatic carbocycles. The normalized spacial score (nSPS) is 19.7. The van der Waals surface area contributed by atoms with E-state index in [1.807, 2.05) is 22.9 Å². The number of nitrogens with zero attached hydrogens (tertiary/aromatic N) is 5. The smallest absolute Gasteiger partial charge is 0.273 e. The number of ether oxygens (including phenoxy) is 1. The quantitative estimate of drug-likeness (QED) is 0.768. The molecule has 1 amide bonds. The maximum absolute atomic E-state index is 12.7. The molecule has 156 valence electrons. The van der Waals surface area contributed by atoms with Gasteiger partial charge in [0.2, 0.25) is 0 Å². The highest BCUT2D eigenvalue weighted by Crippen LogP contribution is 2.24. The molecule has 0 spiro atoms. The van der Waals surface area contributed by atoms with Gasteiger partial charge in [-0.1, -0.05) is 30.5 Å². The van der Waals surface area contributed by atoms with E-state index in [1.54, 1.807) is 12.4 Å². The molecule has 1 aliphatic carbocycles. The molecule has 8 nitrogen and oxygen atoms in total. The van der Waals surface area contributed by atoms with Crippen LogP contribution in [0.3, 0.4) is 0 Å². The van der Waals surface area contributed by atoms with Gasteiger partial charge in [-0.05, 0) is 30.9 Å². The molecule has 2 aromatic rings. The monoisotopic (exact) mass is 398 g/mol. The summed E-state index contributed by atoms with van der Waals surface area (Å²) < 4.78 is 7.30. The number of hydrogen-bond donors (Lipinski definition) is 1. The lowest BCUT2D eigenvalue weighted by Crippen LogP contribution is -2.44. The van der Waals surface area contributed by atoms with Crippen molar-refractivity contribution in [2.75, 3.05) is 32.8 Å². The van der Waals surface area contributed by atoms with Gasteiger partial charge in [-0.2, -0.15) is 0 Å². The maximum atomic E-state index is 12.7. The number of amides is 1. The summed E-state index contributed by atoms with van der Waals surface area (Å²) in [5.41, 5.74) is 1.33. The first-order valence-electron chi connectivity index (χ1n) is 10.7. The van der Waals surface area contributed by atoms with E-state index in [2.05, 4.69) is 25.5 Å². The van der Waals surface area contributed by atoms with E-state index >= 15 is 0 Å². The molecule has 1 N–H and O–H groups in total. The minimum absolute atomic E-state index is 0.0151. The van der Waals surface area contributed by atoms with Crippen LogP contribution in [0, 0.1) is 5.92 Å². The highest BCUT2D eigenvalue weighted by atomic mass is 16.5. The minimum Gasteiger partial charge on any atom is -0.379 e. The third-order valence-electron chi connectivity index (χ3n) is 5.91. The summed E-state index contributed by atoms with van der Waals surface area (Å²) in [6.45, 7) is 4.39. The van der Waals surface area contributed by atoms with Crippen LogP contribution >= 0.6 is 0 Å². The maximum Gasteiger partial charge on any atom is 0.273 e. The van der Waals surface area contributed by atoms with Crippen molar-refractivity contribution < 1.29 is 9.53 Å². The van der Waals surface area contributed by atoms with Crippen molar-refractivity contribution in [3.05, 3.63) is 42.0 Å². The van der Waals surface area contributed by atoms with E-state index in [1.165, 1.54) is 32.1 Å². The van der Waals surface area contributed by atoms with Gasteiger partial charge in [0.15, 0.2) is 5.69 Å². The zero-order valence-electron chi connectivity index (χ0n) is 16.9. The zero-order valence-corrected chi connectivity index (χ0v) is 16.9. The van der Waals surface area contributed by atoms with Crippen molar-refractivity contribution in [2.45, 2.75) is 44.7 Å². The van der Waals surface area contributed by atoms with Crippen LogP contribution < -0.4 is 5.32 Å². The number of carbonyl (C=O) groups excluding carboxylic acids is 1. The fourth-order valence-corrected chi connectivity index (χ4v) is 4.29. The number of rotatable bonds is 7. The molecule has 2 aliphatic rings. The average molecular weight is 399 g/mol. The van der Waals surface area contributed by atoms with Crippen molar-refractivity contribution in [3.8, 4) is 0 Å². The lowest BCUT2D eigenvalue weighted by atomic mass is 9.89. The molecule has 1 aliphatic heterocycles. The summed E-state index contributed by atoms with van der Waals surface area (Å²) in [7, 11) is 0. The SMILES string of the molecule is O=C(NCC(c1ccccn1)N1CCOCC1)c1cn(CC2CCCCC2)nn1. The van der Waals surface area contributed by atoms with Gasteiger partial charge >= 0.3 is 0 Å². The summed E-state index contributed by atoms with van der Waals surface area (Å²) in [6, 6.07) is 5.91. The molecule has 1 saturated heterocycles. The summed E-state index contributed by atoms with van der Waals surface area (Å²) >= 11 is 0. The van der Waals surface area contributed by atoms with Gasteiger partial charge in [-0.3, -0.25) is 19.4 Å². The summed E-state index contributed by atoms with van der Waals surface area (Å²) in [5, 5.41) is 11.3. The summed E-state index contributed by atoms with van der Waals surface area (Å²) in [4.78, 5) is 19.5. The van der Waals surface area contributed by atoms with Gasteiger partial charge in [-0.25, -0.2) is 0 Å². The molecule has 1 unspecified atom stereocenters. The van der Waals surface area contributed by atoms with Crippen LogP contribution in [0.15, 0.2) is 30.6 Å². The van der Waals surface area contributed by atoms with Crippen molar-refractivity contribution in [3.63, 3.8) is 0 Å². The Balaban J connectivity index is 1.36. The van der Waals surface area contributed by atoms with Crippen molar-refractivity contribution >= 4 is 5.91 Å². The van der Waals surface area contributed by atoms with Crippen molar-refractivity contribution in [1.82, 2.24) is 30.2 Å². The molecule has 2 fully saturated rings. The van der Waals surface area contributed by atoms with E-state index in [4.69, 9.17) is 4.74 Å². The number of hydrogen-bond acceptors (Lipinski definition) is 6. The topological polar surface area (TPSA) is 85.2 Å². The van der Waals surface area contributed by atoms with Crippen LogP contribution in [-0.4, -0.2) is 63.6 Å². The van der Waals surface area contributed by atoms with Gasteiger partial charge in [-0.15, -0.1) is 5.10 Å². The van der Waals surface area contributed by atoms with Gasteiger partial charge in [0.05, 0.1) is 31.1 Å². The van der Waals surface area contributed by atoms with Crippen LogP contribution in [0.25, 0.3) is 0 Å². The van der Waals surface area contributed by atoms with Gasteiger partial charge < -0.3 is 10.1 Å². The first-order valence-corrected chi connectivity index (χ1v) is 10.7. The highest BCUT2D eigenvalue weighted by molar-refractivity contribution is 5.91. The third kappa shape index (κ3) is 5.39. The number of carbonyl (C=O) groups is 1. The minimum atomic E-state index is -0.186. The van der Waals surface area contributed by atoms with Gasteiger partial charge in [0.25, 0.3) is 5.91 Å². The first kappa shape index (κ1) is 20.0. The van der Waals surface area contributed by atoms with Crippen molar-refractivity contribution in [2.24, 2.45) is 5.92 Å². The fraction of sp³-hybridized carbons (Fsp3) is 0.619. The van der Waals surface area contributed by atoms with Crippen LogP contribution in [-0.2, 0) is 11.3 Å². The number of aromatic nitrogens is 4. The molecule has 29 heavy (non-hydrogen) atoms. The Morgan fingerprint density at radius 2 is 2.03 bits per heavy atom. The van der Waals surface area contributed by atoms with E-state index in [-0.39, 0.29) is 11.9 Å². The van der Waals surface area contributed by atoms with Crippen LogP contribution in [0.4, 0.5) is 0 Å². The lowest BCUT2D eigenvalue weighted by Gasteiger charge is -2.34. The average Bonchev–Trinajstić information content (AvgIpc) is 3.25. The van der Waals surface area contributed by atoms with Gasteiger partial charge in [0, 0.05) is 32.4 Å². The molecule has 1 saturated carbocycles. The largest absolute Gasteiger partial charge is 0.379 e. The van der Waals surface area contributed by atoms with E-state index < -0.39 is 0 Å². The number of nitrogens with one attached hydrogen (secondary N) is 1. The molecule has 4 rings (SSSR count). The second kappa shape index (κ2) is 9.93. The Hall–Kier alpha value is -2.32. The van der Waals surface area contributed by atoms with E-state index in [0.717, 1.165) is 25.3 Å². The molecule has 0 bridgehead atoms.